The van der Waals surface area contributed by atoms with Gasteiger partial charge in [0, 0.05) is 32.2 Å². The molecule has 0 radical (unpaired) electrons. The Morgan fingerprint density at radius 2 is 2.10 bits per heavy atom. The second-order valence-electron chi connectivity index (χ2n) is 5.80. The lowest BCUT2D eigenvalue weighted by molar-refractivity contribution is 0.0317. The molecule has 1 aliphatic carbocycles. The van der Waals surface area contributed by atoms with Crippen LogP contribution in [0.4, 0.5) is 0 Å². The van der Waals surface area contributed by atoms with E-state index in [9.17, 15) is 9.90 Å². The van der Waals surface area contributed by atoms with Crippen molar-refractivity contribution in [2.75, 3.05) is 26.2 Å². The first-order valence-electron chi connectivity index (χ1n) is 7.73. The molecule has 1 amide bonds. The van der Waals surface area contributed by atoms with Crippen molar-refractivity contribution in [1.29, 1.82) is 0 Å². The number of hydrogen-bond donors (Lipinski definition) is 1. The molecule has 2 aliphatic rings. The van der Waals surface area contributed by atoms with Gasteiger partial charge in [-0.2, -0.15) is 0 Å². The molecule has 0 bridgehead atoms. The second-order valence-corrected chi connectivity index (χ2v) is 6.55. The number of rotatable bonds is 3. The third-order valence-electron chi connectivity index (χ3n) is 4.60. The van der Waals surface area contributed by atoms with Crippen LogP contribution < -0.4 is 0 Å². The SMILES string of the molecule is CCc1nnsc1C(=O)N1CCN([C@H]2CCC[C@H]2O)CC1. The predicted octanol–water partition coefficient (Wildman–Crippen LogP) is 0.772. The average molecular weight is 310 g/mol. The standard InChI is InChI=1S/C14H22N4O2S/c1-2-10-13(21-16-15-10)14(20)18-8-6-17(7-9-18)11-4-3-5-12(11)19/h11-12,19H,2-9H2,1H3/t11-,12+/m0/s1. The minimum Gasteiger partial charge on any atom is -0.391 e. The number of hydrogen-bond acceptors (Lipinski definition) is 6. The number of amides is 1. The average Bonchev–Trinajstić information content (AvgIpc) is 3.15. The summed E-state index contributed by atoms with van der Waals surface area (Å²) in [5, 5.41) is 14.0. The quantitative estimate of drug-likeness (QED) is 0.893. The van der Waals surface area contributed by atoms with Crippen molar-refractivity contribution >= 4 is 17.4 Å². The van der Waals surface area contributed by atoms with Gasteiger partial charge in [-0.15, -0.1) is 5.10 Å². The first kappa shape index (κ1) is 14.9. The van der Waals surface area contributed by atoms with Gasteiger partial charge in [-0.3, -0.25) is 9.69 Å². The molecule has 6 nitrogen and oxygen atoms in total. The maximum Gasteiger partial charge on any atom is 0.267 e. The third-order valence-corrected chi connectivity index (χ3v) is 5.36. The van der Waals surface area contributed by atoms with Crippen LogP contribution in [0.25, 0.3) is 0 Å². The molecular weight excluding hydrogens is 288 g/mol. The fraction of sp³-hybridized carbons (Fsp3) is 0.786. The van der Waals surface area contributed by atoms with Crippen molar-refractivity contribution in [3.05, 3.63) is 10.6 Å². The molecule has 1 N–H and O–H groups in total. The minimum absolute atomic E-state index is 0.0634. The zero-order valence-electron chi connectivity index (χ0n) is 12.4. The van der Waals surface area contributed by atoms with Gasteiger partial charge in [0.25, 0.3) is 5.91 Å². The van der Waals surface area contributed by atoms with Crippen LogP contribution in [0, 0.1) is 0 Å². The molecule has 2 fully saturated rings. The maximum atomic E-state index is 12.5. The predicted molar refractivity (Wildman–Crippen MR) is 80.4 cm³/mol. The third kappa shape index (κ3) is 2.95. The van der Waals surface area contributed by atoms with Gasteiger partial charge in [-0.1, -0.05) is 11.4 Å². The molecule has 1 aromatic rings. The van der Waals surface area contributed by atoms with E-state index >= 15 is 0 Å². The van der Waals surface area contributed by atoms with Crippen molar-refractivity contribution in [3.8, 4) is 0 Å². The number of piperazine rings is 1. The van der Waals surface area contributed by atoms with Crippen LogP contribution in [-0.2, 0) is 6.42 Å². The summed E-state index contributed by atoms with van der Waals surface area (Å²) in [6.07, 6.45) is 3.65. The summed E-state index contributed by atoms with van der Waals surface area (Å²) in [5.74, 6) is 0.0634. The summed E-state index contributed by atoms with van der Waals surface area (Å²) in [4.78, 5) is 17.4. The highest BCUT2D eigenvalue weighted by molar-refractivity contribution is 7.08. The number of aryl methyl sites for hydroxylation is 1. The van der Waals surface area contributed by atoms with Gasteiger partial charge in [0.2, 0.25) is 0 Å². The minimum atomic E-state index is -0.190. The summed E-state index contributed by atoms with van der Waals surface area (Å²) in [7, 11) is 0. The summed E-state index contributed by atoms with van der Waals surface area (Å²) >= 11 is 1.20. The Morgan fingerprint density at radius 3 is 2.71 bits per heavy atom. The Bertz CT molecular complexity index is 499. The molecule has 7 heteroatoms. The van der Waals surface area contributed by atoms with Gasteiger partial charge in [0.05, 0.1) is 11.8 Å². The molecule has 1 saturated carbocycles. The van der Waals surface area contributed by atoms with Gasteiger partial charge in [0.1, 0.15) is 4.88 Å². The van der Waals surface area contributed by atoms with E-state index in [1.165, 1.54) is 11.5 Å². The summed E-state index contributed by atoms with van der Waals surface area (Å²) in [6.45, 7) is 5.14. The van der Waals surface area contributed by atoms with E-state index in [-0.39, 0.29) is 12.0 Å². The Kier molecular flexibility index (Phi) is 4.51. The monoisotopic (exact) mass is 310 g/mol. The van der Waals surface area contributed by atoms with Crippen LogP contribution in [0.5, 0.6) is 0 Å². The zero-order chi connectivity index (χ0) is 14.8. The number of carbonyl (C=O) groups excluding carboxylic acids is 1. The number of nitrogens with zero attached hydrogens (tertiary/aromatic N) is 4. The summed E-state index contributed by atoms with van der Waals surface area (Å²) in [6, 6.07) is 0.290. The Morgan fingerprint density at radius 1 is 1.33 bits per heavy atom. The fourth-order valence-electron chi connectivity index (χ4n) is 3.35. The Balaban J connectivity index is 1.59. The van der Waals surface area contributed by atoms with Crippen molar-refractivity contribution in [2.45, 2.75) is 44.8 Å². The lowest BCUT2D eigenvalue weighted by Crippen LogP contribution is -2.53. The second kappa shape index (κ2) is 6.37. The lowest BCUT2D eigenvalue weighted by Gasteiger charge is -2.38. The normalized spacial score (nSPS) is 27.2. The van der Waals surface area contributed by atoms with E-state index in [1.807, 2.05) is 11.8 Å². The van der Waals surface area contributed by atoms with E-state index in [1.54, 1.807) is 0 Å². The topological polar surface area (TPSA) is 69.6 Å². The van der Waals surface area contributed by atoms with Crippen molar-refractivity contribution in [3.63, 3.8) is 0 Å². The molecule has 2 heterocycles. The molecule has 0 spiro atoms. The summed E-state index contributed by atoms with van der Waals surface area (Å²) in [5.41, 5.74) is 0.804. The van der Waals surface area contributed by atoms with Crippen molar-refractivity contribution in [1.82, 2.24) is 19.4 Å². The molecule has 0 unspecified atom stereocenters. The number of aliphatic hydroxyl groups is 1. The van der Waals surface area contributed by atoms with Crippen molar-refractivity contribution in [2.24, 2.45) is 0 Å². The van der Waals surface area contributed by atoms with Crippen LogP contribution in [0.2, 0.25) is 0 Å². The summed E-state index contributed by atoms with van der Waals surface area (Å²) < 4.78 is 3.90. The smallest absolute Gasteiger partial charge is 0.267 e. The van der Waals surface area contributed by atoms with Crippen LogP contribution >= 0.6 is 11.5 Å². The van der Waals surface area contributed by atoms with Gasteiger partial charge in [-0.25, -0.2) is 0 Å². The number of aromatic nitrogens is 2. The Labute approximate surface area is 128 Å². The van der Waals surface area contributed by atoms with Gasteiger partial charge >= 0.3 is 0 Å². The lowest BCUT2D eigenvalue weighted by atomic mass is 10.1. The van der Waals surface area contributed by atoms with Gasteiger partial charge < -0.3 is 10.0 Å². The van der Waals surface area contributed by atoms with Crippen LogP contribution in [0.15, 0.2) is 0 Å². The fourth-order valence-corrected chi connectivity index (χ4v) is 4.07. The van der Waals surface area contributed by atoms with Crippen LogP contribution in [0.1, 0.15) is 41.6 Å². The van der Waals surface area contributed by atoms with E-state index in [2.05, 4.69) is 14.5 Å². The zero-order valence-corrected chi connectivity index (χ0v) is 13.2. The van der Waals surface area contributed by atoms with Crippen molar-refractivity contribution < 1.29 is 9.90 Å². The van der Waals surface area contributed by atoms with Gasteiger partial charge in [-0.05, 0) is 37.2 Å². The van der Waals surface area contributed by atoms with Crippen LogP contribution in [0.3, 0.4) is 0 Å². The molecule has 2 atom stereocenters. The number of carbonyl (C=O) groups is 1. The highest BCUT2D eigenvalue weighted by Gasteiger charge is 2.34. The molecule has 116 valence electrons. The van der Waals surface area contributed by atoms with E-state index < -0.39 is 0 Å². The maximum absolute atomic E-state index is 12.5. The van der Waals surface area contributed by atoms with Crippen LogP contribution in [-0.4, -0.2) is 68.7 Å². The highest BCUT2D eigenvalue weighted by atomic mass is 32.1. The number of aliphatic hydroxyl groups excluding tert-OH is 1. The first-order chi connectivity index (χ1) is 10.2. The highest BCUT2D eigenvalue weighted by Crippen LogP contribution is 2.25. The molecular formula is C14H22N4O2S. The van der Waals surface area contributed by atoms with Gasteiger partial charge in [0.15, 0.2) is 0 Å². The van der Waals surface area contributed by atoms with E-state index in [0.717, 1.165) is 57.6 Å². The molecule has 1 saturated heterocycles. The Hall–Kier alpha value is -1.05. The van der Waals surface area contributed by atoms with E-state index in [4.69, 9.17) is 0 Å². The largest absolute Gasteiger partial charge is 0.391 e. The molecule has 0 aromatic carbocycles. The molecule has 21 heavy (non-hydrogen) atoms. The first-order valence-corrected chi connectivity index (χ1v) is 8.50. The van der Waals surface area contributed by atoms with E-state index in [0.29, 0.717) is 10.9 Å². The molecule has 1 aromatic heterocycles. The molecule has 3 rings (SSSR count). The molecule has 1 aliphatic heterocycles.